The number of rotatable bonds is 14. The molecule has 22 rings (SSSR count). The van der Waals surface area contributed by atoms with Crippen LogP contribution in [-0.2, 0) is 10.8 Å². The zero-order chi connectivity index (χ0) is 79.8. The van der Waals surface area contributed by atoms with E-state index in [0.29, 0.717) is 34.9 Å². The van der Waals surface area contributed by atoms with Gasteiger partial charge in [-0.1, -0.05) is 409 Å². The van der Waals surface area contributed by atoms with Crippen molar-refractivity contribution in [2.45, 2.75) is 75.0 Å². The van der Waals surface area contributed by atoms with Crippen LogP contribution in [0.3, 0.4) is 0 Å². The van der Waals surface area contributed by atoms with E-state index in [4.69, 9.17) is 29.9 Å². The van der Waals surface area contributed by atoms with Crippen molar-refractivity contribution in [3.63, 3.8) is 0 Å². The lowest BCUT2D eigenvalue weighted by Gasteiger charge is -2.37. The number of fused-ring (bicyclic) bond motifs is 10. The molecule has 2 aromatic heterocycles. The minimum atomic E-state index is 0.0931. The first-order valence-electron chi connectivity index (χ1n) is 42.5. The molecule has 4 aliphatic carbocycles. The predicted molar refractivity (Wildman–Crippen MR) is 494 cm³/mol. The standard InChI is InChI=1S/2C57H43N3/c1-4-16-39(17-5-1)40-30-32-42(33-31-40)55-58-54(41-18-6-2-7-19-41)59-56(60-55)48-25-14-23-46(38-48)44-21-12-20-43(36-44)45-22-13-24-47(37-45)49-27-15-28-51-50-26-8-9-29-52(50)57(53(49)51)34-10-3-11-35-57;1-4-15-39(16-5-1)40-31-33-44(34-32-40)55-58-54(43-17-6-2-7-18-43)59-56(60-55)48-22-13-20-46(38-48)42-29-27-41(28-30-42)45-19-12-21-47(37-45)49-24-14-25-51-50-23-8-9-26-52(50)57(53(49)51)35-10-3-11-36-57/h1-2,4-9,12-33,36-38H,3,10-11,34-35H2;1-2,4-9,12-34,37-38H,3,10-11,35-36H2. The topological polar surface area (TPSA) is 77.3 Å². The van der Waals surface area contributed by atoms with E-state index in [1.807, 2.05) is 60.7 Å². The molecule has 2 saturated carbocycles. The molecule has 16 aromatic carbocycles. The lowest BCUT2D eigenvalue weighted by molar-refractivity contribution is 0.353. The van der Waals surface area contributed by atoms with Gasteiger partial charge in [0.15, 0.2) is 34.9 Å². The van der Waals surface area contributed by atoms with Gasteiger partial charge in [0.05, 0.1) is 0 Å². The summed E-state index contributed by atoms with van der Waals surface area (Å²) < 4.78 is 0. The molecular formula is C114H86N6. The second-order valence-corrected chi connectivity index (χ2v) is 32.5. The Hall–Kier alpha value is -14.5. The van der Waals surface area contributed by atoms with Crippen molar-refractivity contribution in [3.8, 4) is 180 Å². The number of nitrogens with zero attached hydrogens (tertiary/aromatic N) is 6. The molecule has 0 aliphatic heterocycles. The Morgan fingerprint density at radius 3 is 0.683 bits per heavy atom. The molecule has 0 amide bonds. The zero-order valence-electron chi connectivity index (χ0n) is 66.9. The average molecular weight is 1540 g/mol. The van der Waals surface area contributed by atoms with E-state index in [1.165, 1.54) is 159 Å². The zero-order valence-corrected chi connectivity index (χ0v) is 66.9. The largest absolute Gasteiger partial charge is 0.208 e. The van der Waals surface area contributed by atoms with Crippen molar-refractivity contribution >= 4 is 0 Å². The molecule has 0 saturated heterocycles. The molecule has 572 valence electrons. The Kier molecular flexibility index (Phi) is 19.4. The summed E-state index contributed by atoms with van der Waals surface area (Å²) in [4.78, 5) is 30.2. The lowest BCUT2D eigenvalue weighted by Crippen LogP contribution is -2.28. The molecule has 2 fully saturated rings. The third-order valence-corrected chi connectivity index (χ3v) is 25.5. The number of hydrogen-bond acceptors (Lipinski definition) is 6. The van der Waals surface area contributed by atoms with E-state index in [2.05, 4.69) is 340 Å². The molecule has 18 aromatic rings. The second kappa shape index (κ2) is 31.9. The first-order valence-corrected chi connectivity index (χ1v) is 42.5. The summed E-state index contributed by atoms with van der Waals surface area (Å²) in [5.74, 6) is 3.88. The Bertz CT molecular complexity index is 6810. The van der Waals surface area contributed by atoms with Crippen LogP contribution in [0, 0.1) is 0 Å². The van der Waals surface area contributed by atoms with Gasteiger partial charge in [-0.2, -0.15) is 0 Å². The van der Waals surface area contributed by atoms with Gasteiger partial charge in [-0.15, -0.1) is 0 Å². The number of benzene rings is 16. The van der Waals surface area contributed by atoms with Crippen LogP contribution in [-0.4, -0.2) is 29.9 Å². The van der Waals surface area contributed by atoms with Gasteiger partial charge in [0.2, 0.25) is 0 Å². The van der Waals surface area contributed by atoms with E-state index >= 15 is 0 Å². The first kappa shape index (κ1) is 73.2. The van der Waals surface area contributed by atoms with E-state index in [-0.39, 0.29) is 10.8 Å². The molecule has 4 aliphatic rings. The summed E-state index contributed by atoms with van der Waals surface area (Å²) >= 11 is 0. The van der Waals surface area contributed by atoms with Crippen LogP contribution in [0.25, 0.3) is 180 Å². The maximum atomic E-state index is 5.09. The summed E-state index contributed by atoms with van der Waals surface area (Å²) in [5, 5.41) is 0. The van der Waals surface area contributed by atoms with Gasteiger partial charge in [-0.25, -0.2) is 29.9 Å². The quantitative estimate of drug-likeness (QED) is 0.108. The molecule has 0 N–H and O–H groups in total. The van der Waals surface area contributed by atoms with Crippen molar-refractivity contribution in [1.82, 2.24) is 29.9 Å². The molecular weight excluding hydrogens is 1450 g/mol. The summed E-state index contributed by atoms with van der Waals surface area (Å²) in [6.07, 6.45) is 12.7. The van der Waals surface area contributed by atoms with Gasteiger partial charge in [0.25, 0.3) is 0 Å². The van der Waals surface area contributed by atoms with Crippen molar-refractivity contribution in [2.24, 2.45) is 0 Å². The van der Waals surface area contributed by atoms with Gasteiger partial charge in [0, 0.05) is 44.2 Å². The van der Waals surface area contributed by atoms with E-state index < -0.39 is 0 Å². The third-order valence-electron chi connectivity index (χ3n) is 25.5. The fourth-order valence-corrected chi connectivity index (χ4v) is 19.7. The molecule has 2 spiro atoms. The molecule has 2 heterocycles. The Balaban J connectivity index is 0.000000148. The Morgan fingerprint density at radius 2 is 0.342 bits per heavy atom. The predicted octanol–water partition coefficient (Wildman–Crippen LogP) is 29.5. The van der Waals surface area contributed by atoms with Crippen molar-refractivity contribution < 1.29 is 0 Å². The van der Waals surface area contributed by atoms with Crippen LogP contribution in [0.1, 0.15) is 86.5 Å². The van der Waals surface area contributed by atoms with Crippen LogP contribution >= 0.6 is 0 Å². The highest BCUT2D eigenvalue weighted by Crippen LogP contribution is 2.60. The van der Waals surface area contributed by atoms with Crippen molar-refractivity contribution in [3.05, 3.63) is 423 Å². The smallest absolute Gasteiger partial charge is 0.164 e. The highest BCUT2D eigenvalue weighted by atomic mass is 15.0. The fraction of sp³-hybridized carbons (Fsp3) is 0.105. The fourth-order valence-electron chi connectivity index (χ4n) is 19.7. The maximum absolute atomic E-state index is 5.09. The summed E-state index contributed by atoms with van der Waals surface area (Å²) in [5.41, 5.74) is 37.0. The van der Waals surface area contributed by atoms with Crippen LogP contribution in [0.5, 0.6) is 0 Å². The van der Waals surface area contributed by atoms with Crippen LogP contribution in [0.2, 0.25) is 0 Å². The maximum Gasteiger partial charge on any atom is 0.164 e. The third kappa shape index (κ3) is 13.9. The van der Waals surface area contributed by atoms with Gasteiger partial charge >= 0.3 is 0 Å². The van der Waals surface area contributed by atoms with Crippen LogP contribution in [0.15, 0.2) is 400 Å². The minimum absolute atomic E-state index is 0.0931. The summed E-state index contributed by atoms with van der Waals surface area (Å²) in [6, 6.07) is 144. The highest BCUT2D eigenvalue weighted by Gasteiger charge is 2.47. The van der Waals surface area contributed by atoms with Gasteiger partial charge < -0.3 is 0 Å². The van der Waals surface area contributed by atoms with Gasteiger partial charge in [0.1, 0.15) is 0 Å². The first-order chi connectivity index (χ1) is 59.4. The van der Waals surface area contributed by atoms with Crippen molar-refractivity contribution in [1.29, 1.82) is 0 Å². The van der Waals surface area contributed by atoms with E-state index in [0.717, 1.165) is 66.8 Å². The summed E-state index contributed by atoms with van der Waals surface area (Å²) in [7, 11) is 0. The highest BCUT2D eigenvalue weighted by molar-refractivity contribution is 5.92. The average Bonchev–Trinajstić information content (AvgIpc) is 1.55. The Labute approximate surface area is 702 Å². The molecule has 0 radical (unpaired) electrons. The molecule has 0 atom stereocenters. The molecule has 6 nitrogen and oxygen atoms in total. The summed E-state index contributed by atoms with van der Waals surface area (Å²) in [6.45, 7) is 0. The molecule has 6 heteroatoms. The normalized spacial score (nSPS) is 13.8. The monoisotopic (exact) mass is 1540 g/mol. The Morgan fingerprint density at radius 1 is 0.142 bits per heavy atom. The number of aromatic nitrogens is 6. The second-order valence-electron chi connectivity index (χ2n) is 32.5. The molecule has 0 bridgehead atoms. The molecule has 0 unspecified atom stereocenters. The van der Waals surface area contributed by atoms with Gasteiger partial charge in [-0.05, 0) is 190 Å². The van der Waals surface area contributed by atoms with E-state index in [1.54, 1.807) is 5.56 Å². The van der Waals surface area contributed by atoms with Crippen LogP contribution in [0.4, 0.5) is 0 Å². The SMILES string of the molecule is c1ccc(-c2ccc(-c3nc(-c4ccccc4)nc(-c4cccc(-c5ccc(-c6cccc(-c7cccc8c7C7(CCCCC7)c7ccccc7-8)c6)cc5)c4)n3)cc2)cc1.c1ccc(-c2ccc(-c3nc(-c4ccccc4)nc(-c4cccc(-c5cccc(-c6cccc(-c7cccc8c7C7(CCCCC7)c7ccccc7-8)c6)c5)c4)n3)cc2)cc1. The van der Waals surface area contributed by atoms with E-state index in [9.17, 15) is 0 Å². The lowest BCUT2D eigenvalue weighted by atomic mass is 9.66. The van der Waals surface area contributed by atoms with Crippen LogP contribution < -0.4 is 0 Å². The molecule has 120 heavy (non-hydrogen) atoms. The van der Waals surface area contributed by atoms with Gasteiger partial charge in [-0.3, -0.25) is 0 Å². The minimum Gasteiger partial charge on any atom is -0.208 e. The number of hydrogen-bond donors (Lipinski definition) is 0. The van der Waals surface area contributed by atoms with Crippen molar-refractivity contribution in [2.75, 3.05) is 0 Å².